The van der Waals surface area contributed by atoms with Crippen molar-refractivity contribution in [3.63, 3.8) is 0 Å². The van der Waals surface area contributed by atoms with Gasteiger partial charge in [-0.15, -0.1) is 0 Å². The number of hydrogen-bond donors (Lipinski definition) is 1. The highest BCUT2D eigenvalue weighted by Crippen LogP contribution is 2.30. The summed E-state index contributed by atoms with van der Waals surface area (Å²) >= 11 is 0. The van der Waals surface area contributed by atoms with Crippen molar-refractivity contribution in [2.24, 2.45) is 11.8 Å². The third-order valence-corrected chi connectivity index (χ3v) is 5.47. The standard InChI is InChI=1S/C24H32N2O3/c1-17-12-18(2)15-26(14-17)16-20-10-8-19(9-11-20)13-25-24(27)21-6-5-7-22(28-3)23(21)29-4/h5-11,17-18H,12-16H2,1-4H3,(H,25,27)/t17-,18-/m0/s1. The monoisotopic (exact) mass is 396 g/mol. The number of benzene rings is 2. The summed E-state index contributed by atoms with van der Waals surface area (Å²) in [6.45, 7) is 8.48. The van der Waals surface area contributed by atoms with Crippen LogP contribution < -0.4 is 14.8 Å². The number of ether oxygens (including phenoxy) is 2. The van der Waals surface area contributed by atoms with Crippen molar-refractivity contribution in [3.8, 4) is 11.5 Å². The van der Waals surface area contributed by atoms with Crippen LogP contribution in [-0.4, -0.2) is 38.1 Å². The number of piperidine rings is 1. The summed E-state index contributed by atoms with van der Waals surface area (Å²) in [5, 5.41) is 2.97. The van der Waals surface area contributed by atoms with Crippen molar-refractivity contribution < 1.29 is 14.3 Å². The SMILES string of the molecule is COc1cccc(C(=O)NCc2ccc(CN3C[C@@H](C)C[C@H](C)C3)cc2)c1OC. The smallest absolute Gasteiger partial charge is 0.255 e. The number of nitrogens with zero attached hydrogens (tertiary/aromatic N) is 1. The van der Waals surface area contributed by atoms with Gasteiger partial charge in [-0.05, 0) is 41.5 Å². The Bertz CT molecular complexity index is 809. The maximum atomic E-state index is 12.6. The Morgan fingerprint density at radius 2 is 1.66 bits per heavy atom. The van der Waals surface area contributed by atoms with Crippen molar-refractivity contribution in [1.29, 1.82) is 0 Å². The molecule has 156 valence electrons. The van der Waals surface area contributed by atoms with Crippen molar-refractivity contribution in [1.82, 2.24) is 10.2 Å². The second kappa shape index (κ2) is 9.79. The molecular formula is C24H32N2O3. The second-order valence-corrected chi connectivity index (χ2v) is 8.18. The zero-order valence-electron chi connectivity index (χ0n) is 17.9. The number of carbonyl (C=O) groups is 1. The first-order valence-electron chi connectivity index (χ1n) is 10.3. The summed E-state index contributed by atoms with van der Waals surface area (Å²) in [4.78, 5) is 15.1. The Morgan fingerprint density at radius 3 is 2.28 bits per heavy atom. The van der Waals surface area contributed by atoms with Gasteiger partial charge in [-0.1, -0.05) is 44.2 Å². The summed E-state index contributed by atoms with van der Waals surface area (Å²) in [7, 11) is 3.10. The molecule has 1 saturated heterocycles. The molecule has 1 aliphatic rings. The molecule has 0 radical (unpaired) electrons. The summed E-state index contributed by atoms with van der Waals surface area (Å²) in [5.41, 5.74) is 2.86. The lowest BCUT2D eigenvalue weighted by molar-refractivity contribution is 0.0947. The maximum absolute atomic E-state index is 12.6. The van der Waals surface area contributed by atoms with Crippen LogP contribution in [-0.2, 0) is 13.1 Å². The number of para-hydroxylation sites is 1. The average Bonchev–Trinajstić information content (AvgIpc) is 2.71. The lowest BCUT2D eigenvalue weighted by Crippen LogP contribution is -2.38. The highest BCUT2D eigenvalue weighted by atomic mass is 16.5. The molecule has 0 aromatic heterocycles. The first kappa shape index (κ1) is 21.2. The van der Waals surface area contributed by atoms with Crippen LogP contribution in [0.15, 0.2) is 42.5 Å². The Morgan fingerprint density at radius 1 is 1.00 bits per heavy atom. The van der Waals surface area contributed by atoms with Gasteiger partial charge in [-0.3, -0.25) is 9.69 Å². The molecule has 1 aliphatic heterocycles. The van der Waals surface area contributed by atoms with E-state index >= 15 is 0 Å². The number of methoxy groups -OCH3 is 2. The van der Waals surface area contributed by atoms with E-state index in [9.17, 15) is 4.79 Å². The van der Waals surface area contributed by atoms with Crippen LogP contribution in [0, 0.1) is 11.8 Å². The minimum Gasteiger partial charge on any atom is -0.493 e. The topological polar surface area (TPSA) is 50.8 Å². The van der Waals surface area contributed by atoms with Gasteiger partial charge in [0.2, 0.25) is 0 Å². The molecule has 0 aliphatic carbocycles. The molecule has 2 atom stereocenters. The van der Waals surface area contributed by atoms with Gasteiger partial charge in [0.25, 0.3) is 5.91 Å². The molecule has 0 saturated carbocycles. The summed E-state index contributed by atoms with van der Waals surface area (Å²) < 4.78 is 10.6. The van der Waals surface area contributed by atoms with Gasteiger partial charge < -0.3 is 14.8 Å². The van der Waals surface area contributed by atoms with Crippen LogP contribution in [0.3, 0.4) is 0 Å². The highest BCUT2D eigenvalue weighted by Gasteiger charge is 2.21. The van der Waals surface area contributed by atoms with E-state index in [1.807, 2.05) is 0 Å². The Labute approximate surface area is 174 Å². The lowest BCUT2D eigenvalue weighted by atomic mass is 9.91. The van der Waals surface area contributed by atoms with Crippen LogP contribution in [0.25, 0.3) is 0 Å². The van der Waals surface area contributed by atoms with E-state index < -0.39 is 0 Å². The maximum Gasteiger partial charge on any atom is 0.255 e. The molecule has 3 rings (SSSR count). The third kappa shape index (κ3) is 5.51. The molecule has 29 heavy (non-hydrogen) atoms. The summed E-state index contributed by atoms with van der Waals surface area (Å²) in [5.74, 6) is 2.35. The van der Waals surface area contributed by atoms with Gasteiger partial charge in [0, 0.05) is 26.2 Å². The summed E-state index contributed by atoms with van der Waals surface area (Å²) in [6.07, 6.45) is 1.33. The molecule has 1 heterocycles. The normalized spacial score (nSPS) is 19.6. The average molecular weight is 397 g/mol. The first-order valence-corrected chi connectivity index (χ1v) is 10.3. The van der Waals surface area contributed by atoms with Crippen molar-refractivity contribution in [2.45, 2.75) is 33.4 Å². The first-order chi connectivity index (χ1) is 14.0. The zero-order valence-corrected chi connectivity index (χ0v) is 17.9. The number of hydrogen-bond acceptors (Lipinski definition) is 4. The number of likely N-dealkylation sites (tertiary alicyclic amines) is 1. The predicted octanol–water partition coefficient (Wildman–Crippen LogP) is 4.11. The number of nitrogens with one attached hydrogen (secondary N) is 1. The molecule has 1 N–H and O–H groups in total. The van der Waals surface area contributed by atoms with E-state index in [4.69, 9.17) is 9.47 Å². The molecule has 0 unspecified atom stereocenters. The fourth-order valence-corrected chi connectivity index (χ4v) is 4.29. The second-order valence-electron chi connectivity index (χ2n) is 8.18. The van der Waals surface area contributed by atoms with E-state index in [2.05, 4.69) is 48.3 Å². The van der Waals surface area contributed by atoms with Crippen molar-refractivity contribution in [3.05, 3.63) is 59.2 Å². The van der Waals surface area contributed by atoms with Crippen LogP contribution >= 0.6 is 0 Å². The van der Waals surface area contributed by atoms with Gasteiger partial charge in [0.15, 0.2) is 11.5 Å². The fourth-order valence-electron chi connectivity index (χ4n) is 4.29. The fraction of sp³-hybridized carbons (Fsp3) is 0.458. The van der Waals surface area contributed by atoms with Gasteiger partial charge in [0.05, 0.1) is 19.8 Å². The minimum absolute atomic E-state index is 0.180. The molecule has 5 heteroatoms. The van der Waals surface area contributed by atoms with E-state index in [-0.39, 0.29) is 5.91 Å². The minimum atomic E-state index is -0.180. The van der Waals surface area contributed by atoms with E-state index in [1.165, 1.54) is 32.2 Å². The van der Waals surface area contributed by atoms with E-state index in [0.29, 0.717) is 23.6 Å². The third-order valence-electron chi connectivity index (χ3n) is 5.47. The lowest BCUT2D eigenvalue weighted by Gasteiger charge is -2.35. The number of rotatable bonds is 7. The molecular weight excluding hydrogens is 364 g/mol. The molecule has 2 aromatic carbocycles. The highest BCUT2D eigenvalue weighted by molar-refractivity contribution is 5.97. The Balaban J connectivity index is 1.57. The quantitative estimate of drug-likeness (QED) is 0.765. The molecule has 2 aromatic rings. The zero-order chi connectivity index (χ0) is 20.8. The number of carbonyl (C=O) groups excluding carboxylic acids is 1. The molecule has 0 spiro atoms. The van der Waals surface area contributed by atoms with Gasteiger partial charge in [0.1, 0.15) is 0 Å². The van der Waals surface area contributed by atoms with E-state index in [1.54, 1.807) is 25.3 Å². The molecule has 1 amide bonds. The predicted molar refractivity (Wildman–Crippen MR) is 115 cm³/mol. The Kier molecular flexibility index (Phi) is 7.15. The van der Waals surface area contributed by atoms with Crippen molar-refractivity contribution in [2.75, 3.05) is 27.3 Å². The van der Waals surface area contributed by atoms with Gasteiger partial charge >= 0.3 is 0 Å². The van der Waals surface area contributed by atoms with Crippen LogP contribution in [0.4, 0.5) is 0 Å². The van der Waals surface area contributed by atoms with Gasteiger partial charge in [-0.2, -0.15) is 0 Å². The van der Waals surface area contributed by atoms with Crippen LogP contribution in [0.2, 0.25) is 0 Å². The molecule has 5 nitrogen and oxygen atoms in total. The Hall–Kier alpha value is -2.53. The van der Waals surface area contributed by atoms with Gasteiger partial charge in [-0.25, -0.2) is 0 Å². The number of amides is 1. The van der Waals surface area contributed by atoms with Crippen molar-refractivity contribution >= 4 is 5.91 Å². The van der Waals surface area contributed by atoms with E-state index in [0.717, 1.165) is 23.9 Å². The van der Waals surface area contributed by atoms with Crippen LogP contribution in [0.5, 0.6) is 11.5 Å². The largest absolute Gasteiger partial charge is 0.493 e. The molecule has 0 bridgehead atoms. The van der Waals surface area contributed by atoms with Crippen LogP contribution in [0.1, 0.15) is 41.8 Å². The molecule has 1 fully saturated rings. The summed E-state index contributed by atoms with van der Waals surface area (Å²) in [6, 6.07) is 13.8.